The van der Waals surface area contributed by atoms with Crippen LogP contribution in [0.3, 0.4) is 0 Å². The molecule has 1 aliphatic rings. The molecule has 1 N–H and O–H groups in total. The van der Waals surface area contributed by atoms with Crippen LogP contribution in [-0.2, 0) is 9.47 Å². The molecule has 0 aromatic heterocycles. The van der Waals surface area contributed by atoms with Crippen molar-refractivity contribution in [3.8, 4) is 6.07 Å². The second-order valence-electron chi connectivity index (χ2n) is 4.31. The fourth-order valence-corrected chi connectivity index (χ4v) is 2.24. The van der Waals surface area contributed by atoms with E-state index in [-0.39, 0.29) is 11.6 Å². The van der Waals surface area contributed by atoms with E-state index in [0.717, 1.165) is 45.4 Å². The molecule has 1 saturated carbocycles. The lowest BCUT2D eigenvalue weighted by atomic mass is 10.00. The Morgan fingerprint density at radius 2 is 2.31 bits per heavy atom. The minimum absolute atomic E-state index is 0.232. The summed E-state index contributed by atoms with van der Waals surface area (Å²) in [5.74, 6) is 0. The van der Waals surface area contributed by atoms with E-state index in [1.807, 2.05) is 6.92 Å². The molecular weight excluding hydrogens is 204 g/mol. The molecule has 0 spiro atoms. The normalized spacial score (nSPS) is 29.2. The first-order chi connectivity index (χ1) is 7.76. The van der Waals surface area contributed by atoms with Crippen LogP contribution in [-0.4, -0.2) is 38.5 Å². The summed E-state index contributed by atoms with van der Waals surface area (Å²) >= 11 is 0. The number of methoxy groups -OCH3 is 1. The Balaban J connectivity index is 2.26. The molecule has 0 radical (unpaired) electrons. The van der Waals surface area contributed by atoms with Crippen molar-refractivity contribution in [1.82, 2.24) is 5.32 Å². The van der Waals surface area contributed by atoms with Crippen LogP contribution in [0.4, 0.5) is 0 Å². The maximum absolute atomic E-state index is 9.19. The van der Waals surface area contributed by atoms with Crippen LogP contribution >= 0.6 is 0 Å². The van der Waals surface area contributed by atoms with E-state index < -0.39 is 0 Å². The summed E-state index contributed by atoms with van der Waals surface area (Å²) in [5, 5.41) is 12.5. The van der Waals surface area contributed by atoms with Crippen molar-refractivity contribution in [3.05, 3.63) is 0 Å². The average molecular weight is 226 g/mol. The van der Waals surface area contributed by atoms with Gasteiger partial charge in [0.15, 0.2) is 0 Å². The van der Waals surface area contributed by atoms with Crippen molar-refractivity contribution in [1.29, 1.82) is 5.26 Å². The summed E-state index contributed by atoms with van der Waals surface area (Å²) < 4.78 is 10.7. The standard InChI is InChI=1S/C12H22N2O2/c1-3-14-12(10-13)6-5-11(9-12)16-8-4-7-15-2/h11,14H,3-9H2,1-2H3. The highest BCUT2D eigenvalue weighted by molar-refractivity contribution is 5.12. The van der Waals surface area contributed by atoms with Crippen molar-refractivity contribution >= 4 is 0 Å². The lowest BCUT2D eigenvalue weighted by Crippen LogP contribution is -2.41. The number of hydrogen-bond acceptors (Lipinski definition) is 4. The third kappa shape index (κ3) is 3.75. The van der Waals surface area contributed by atoms with Gasteiger partial charge in [0.2, 0.25) is 0 Å². The first-order valence-electron chi connectivity index (χ1n) is 6.03. The van der Waals surface area contributed by atoms with Gasteiger partial charge in [-0.25, -0.2) is 0 Å². The molecule has 0 aliphatic heterocycles. The molecule has 16 heavy (non-hydrogen) atoms. The zero-order chi connectivity index (χ0) is 11.9. The number of nitriles is 1. The predicted octanol–water partition coefficient (Wildman–Crippen LogP) is 1.46. The molecule has 1 aliphatic carbocycles. The number of ether oxygens (including phenoxy) is 2. The molecule has 2 unspecified atom stereocenters. The highest BCUT2D eigenvalue weighted by atomic mass is 16.5. The van der Waals surface area contributed by atoms with Gasteiger partial charge < -0.3 is 9.47 Å². The summed E-state index contributed by atoms with van der Waals surface area (Å²) in [5.41, 5.74) is -0.347. The molecule has 92 valence electrons. The third-order valence-electron chi connectivity index (χ3n) is 3.04. The lowest BCUT2D eigenvalue weighted by molar-refractivity contribution is 0.0409. The predicted molar refractivity (Wildman–Crippen MR) is 62.1 cm³/mol. The van der Waals surface area contributed by atoms with E-state index in [0.29, 0.717) is 0 Å². The molecule has 0 amide bonds. The SMILES string of the molecule is CCNC1(C#N)CCC(OCCCOC)C1. The molecule has 2 atom stereocenters. The van der Waals surface area contributed by atoms with Crippen LogP contribution in [0.25, 0.3) is 0 Å². The fraction of sp³-hybridized carbons (Fsp3) is 0.917. The zero-order valence-corrected chi connectivity index (χ0v) is 10.3. The van der Waals surface area contributed by atoms with Gasteiger partial charge in [-0.3, -0.25) is 5.32 Å². The molecule has 4 nitrogen and oxygen atoms in total. The topological polar surface area (TPSA) is 54.3 Å². The van der Waals surface area contributed by atoms with Crippen molar-refractivity contribution < 1.29 is 9.47 Å². The van der Waals surface area contributed by atoms with E-state index >= 15 is 0 Å². The van der Waals surface area contributed by atoms with Crippen molar-refractivity contribution in [2.45, 2.75) is 44.2 Å². The van der Waals surface area contributed by atoms with E-state index in [1.54, 1.807) is 7.11 Å². The van der Waals surface area contributed by atoms with Crippen LogP contribution in [0.1, 0.15) is 32.6 Å². The Morgan fingerprint density at radius 3 is 2.94 bits per heavy atom. The Kier molecular flexibility index (Phi) is 5.75. The summed E-state index contributed by atoms with van der Waals surface area (Å²) in [6, 6.07) is 2.39. The largest absolute Gasteiger partial charge is 0.385 e. The lowest BCUT2D eigenvalue weighted by Gasteiger charge is -2.21. The van der Waals surface area contributed by atoms with Crippen molar-refractivity contribution in [3.63, 3.8) is 0 Å². The smallest absolute Gasteiger partial charge is 0.109 e. The second-order valence-corrected chi connectivity index (χ2v) is 4.31. The molecule has 0 aromatic carbocycles. The van der Waals surface area contributed by atoms with Gasteiger partial charge in [-0.1, -0.05) is 6.92 Å². The fourth-order valence-electron chi connectivity index (χ4n) is 2.24. The van der Waals surface area contributed by atoms with Gasteiger partial charge in [-0.05, 0) is 25.8 Å². The van der Waals surface area contributed by atoms with Gasteiger partial charge >= 0.3 is 0 Å². The number of hydrogen-bond donors (Lipinski definition) is 1. The molecular formula is C12H22N2O2. The number of nitrogens with one attached hydrogen (secondary N) is 1. The molecule has 0 saturated heterocycles. The van der Waals surface area contributed by atoms with Gasteiger partial charge in [0.1, 0.15) is 5.54 Å². The number of rotatable bonds is 7. The molecule has 1 rings (SSSR count). The minimum Gasteiger partial charge on any atom is -0.385 e. The maximum Gasteiger partial charge on any atom is 0.109 e. The first-order valence-corrected chi connectivity index (χ1v) is 6.03. The summed E-state index contributed by atoms with van der Waals surface area (Å²) in [4.78, 5) is 0. The summed E-state index contributed by atoms with van der Waals surface area (Å²) in [6.45, 7) is 4.34. The van der Waals surface area contributed by atoms with Gasteiger partial charge in [0, 0.05) is 26.7 Å². The highest BCUT2D eigenvalue weighted by Crippen LogP contribution is 2.31. The second kappa shape index (κ2) is 6.85. The van der Waals surface area contributed by atoms with Crippen LogP contribution in [0, 0.1) is 11.3 Å². The van der Waals surface area contributed by atoms with Gasteiger partial charge in [0.05, 0.1) is 12.2 Å². The van der Waals surface area contributed by atoms with Gasteiger partial charge in [0.25, 0.3) is 0 Å². The van der Waals surface area contributed by atoms with Crippen LogP contribution in [0.15, 0.2) is 0 Å². The molecule has 4 heteroatoms. The average Bonchev–Trinajstić information content (AvgIpc) is 2.70. The van der Waals surface area contributed by atoms with Gasteiger partial charge in [-0.2, -0.15) is 5.26 Å². The molecule has 1 fully saturated rings. The molecule has 0 aromatic rings. The van der Waals surface area contributed by atoms with E-state index in [1.165, 1.54) is 0 Å². The van der Waals surface area contributed by atoms with Crippen molar-refractivity contribution in [2.24, 2.45) is 0 Å². The third-order valence-corrected chi connectivity index (χ3v) is 3.04. The van der Waals surface area contributed by atoms with Gasteiger partial charge in [-0.15, -0.1) is 0 Å². The van der Waals surface area contributed by atoms with E-state index in [2.05, 4.69) is 11.4 Å². The highest BCUT2D eigenvalue weighted by Gasteiger charge is 2.39. The van der Waals surface area contributed by atoms with Crippen LogP contribution < -0.4 is 5.32 Å². The molecule has 0 heterocycles. The van der Waals surface area contributed by atoms with Crippen LogP contribution in [0.5, 0.6) is 0 Å². The quantitative estimate of drug-likeness (QED) is 0.668. The minimum atomic E-state index is -0.347. The zero-order valence-electron chi connectivity index (χ0n) is 10.3. The Morgan fingerprint density at radius 1 is 1.50 bits per heavy atom. The Labute approximate surface area is 97.9 Å². The summed E-state index contributed by atoms with van der Waals surface area (Å²) in [7, 11) is 1.70. The Bertz CT molecular complexity index is 240. The van der Waals surface area contributed by atoms with E-state index in [9.17, 15) is 5.26 Å². The monoisotopic (exact) mass is 226 g/mol. The molecule has 0 bridgehead atoms. The van der Waals surface area contributed by atoms with Crippen LogP contribution in [0.2, 0.25) is 0 Å². The number of nitrogens with zero attached hydrogens (tertiary/aromatic N) is 1. The van der Waals surface area contributed by atoms with Crippen molar-refractivity contribution in [2.75, 3.05) is 26.9 Å². The summed E-state index contributed by atoms with van der Waals surface area (Å²) in [6.07, 6.45) is 3.84. The Hall–Kier alpha value is -0.630. The first kappa shape index (κ1) is 13.4. The maximum atomic E-state index is 9.19. The van der Waals surface area contributed by atoms with E-state index in [4.69, 9.17) is 9.47 Å².